The third-order valence-corrected chi connectivity index (χ3v) is 6.36. The van der Waals surface area contributed by atoms with Crippen molar-refractivity contribution in [2.75, 3.05) is 19.6 Å². The molecule has 1 aromatic heterocycles. The van der Waals surface area contributed by atoms with E-state index in [1.165, 1.54) is 15.2 Å². The second kappa shape index (κ2) is 6.64. The second-order valence-corrected chi connectivity index (χ2v) is 8.02. The van der Waals surface area contributed by atoms with Crippen molar-refractivity contribution >= 4 is 21.6 Å². The van der Waals surface area contributed by atoms with Gasteiger partial charge >= 0.3 is 0 Å². The number of nitrogens with zero attached hydrogens (tertiary/aromatic N) is 3. The maximum absolute atomic E-state index is 12.9. The molecule has 2 heterocycles. The van der Waals surface area contributed by atoms with E-state index in [1.54, 1.807) is 7.05 Å². The van der Waals surface area contributed by atoms with Crippen molar-refractivity contribution in [3.05, 3.63) is 11.2 Å². The van der Waals surface area contributed by atoms with E-state index in [-0.39, 0.29) is 16.1 Å². The van der Waals surface area contributed by atoms with E-state index in [0.717, 1.165) is 25.9 Å². The van der Waals surface area contributed by atoms with Gasteiger partial charge < -0.3 is 5.32 Å². The lowest BCUT2D eigenvalue weighted by atomic mass is 9.99. The van der Waals surface area contributed by atoms with Crippen molar-refractivity contribution in [2.45, 2.75) is 37.8 Å². The molecule has 2 rings (SSSR count). The van der Waals surface area contributed by atoms with Crippen LogP contribution in [0.3, 0.4) is 0 Å². The van der Waals surface area contributed by atoms with Gasteiger partial charge in [0.25, 0.3) is 10.0 Å². The van der Waals surface area contributed by atoms with Gasteiger partial charge in [0.1, 0.15) is 0 Å². The molecule has 8 heteroatoms. The fraction of sp³-hybridized carbons (Fsp3) is 0.769. The molecule has 120 valence electrons. The number of aromatic nitrogens is 2. The van der Waals surface area contributed by atoms with Crippen molar-refractivity contribution in [1.29, 1.82) is 0 Å². The number of halogens is 1. The van der Waals surface area contributed by atoms with Crippen LogP contribution in [0.5, 0.6) is 0 Å². The van der Waals surface area contributed by atoms with Crippen molar-refractivity contribution < 1.29 is 8.42 Å². The third-order valence-electron chi connectivity index (χ3n) is 3.81. The average Bonchev–Trinajstić information content (AvgIpc) is 2.76. The van der Waals surface area contributed by atoms with Crippen LogP contribution < -0.4 is 5.32 Å². The molecular weight excluding hydrogens is 312 g/mol. The molecule has 1 aliphatic rings. The van der Waals surface area contributed by atoms with Crippen LogP contribution in [0, 0.1) is 5.92 Å². The molecule has 21 heavy (non-hydrogen) atoms. The zero-order valence-corrected chi connectivity index (χ0v) is 14.3. The molecule has 1 saturated heterocycles. The van der Waals surface area contributed by atoms with Gasteiger partial charge in [-0.2, -0.15) is 9.40 Å². The van der Waals surface area contributed by atoms with Gasteiger partial charge in [-0.15, -0.1) is 0 Å². The summed E-state index contributed by atoms with van der Waals surface area (Å²) in [5.41, 5.74) is 0. The Labute approximate surface area is 131 Å². The van der Waals surface area contributed by atoms with Gasteiger partial charge in [-0.25, -0.2) is 8.42 Å². The van der Waals surface area contributed by atoms with Crippen LogP contribution in [0.4, 0.5) is 0 Å². The molecule has 0 aliphatic carbocycles. The first-order valence-electron chi connectivity index (χ1n) is 7.24. The molecule has 1 aromatic rings. The third kappa shape index (κ3) is 3.59. The lowest BCUT2D eigenvalue weighted by molar-refractivity contribution is 0.262. The Kier molecular flexibility index (Phi) is 5.29. The SMILES string of the molecule is CC(C)N(CC1CCCNC1)S(=O)(=O)c1c(Cl)cnn1C. The summed E-state index contributed by atoms with van der Waals surface area (Å²) in [7, 11) is -2.05. The number of nitrogens with one attached hydrogen (secondary N) is 1. The summed E-state index contributed by atoms with van der Waals surface area (Å²) in [5.74, 6) is 0.336. The van der Waals surface area contributed by atoms with Crippen LogP contribution >= 0.6 is 11.6 Å². The molecule has 0 bridgehead atoms. The maximum atomic E-state index is 12.9. The Hall–Kier alpha value is -0.630. The summed E-state index contributed by atoms with van der Waals surface area (Å²) in [6, 6.07) is -0.122. The standard InChI is InChI=1S/C13H23ClN4O2S/c1-10(2)18(9-11-5-4-6-15-7-11)21(19,20)13-12(14)8-16-17(13)3/h8,10-11,15H,4-7,9H2,1-3H3. The summed E-state index contributed by atoms with van der Waals surface area (Å²) in [4.78, 5) is 0. The van der Waals surface area contributed by atoms with Crippen molar-refractivity contribution in [2.24, 2.45) is 13.0 Å². The lowest BCUT2D eigenvalue weighted by Crippen LogP contribution is -2.44. The highest BCUT2D eigenvalue weighted by Gasteiger charge is 2.33. The monoisotopic (exact) mass is 334 g/mol. The summed E-state index contributed by atoms with van der Waals surface area (Å²) in [6.07, 6.45) is 3.50. The molecule has 0 amide bonds. The minimum absolute atomic E-state index is 0.0710. The average molecular weight is 335 g/mol. The Morgan fingerprint density at radius 3 is 2.76 bits per heavy atom. The molecule has 1 fully saturated rings. The van der Waals surface area contributed by atoms with E-state index in [1.807, 2.05) is 13.8 Å². The van der Waals surface area contributed by atoms with Crippen LogP contribution in [0.2, 0.25) is 5.02 Å². The number of hydrogen-bond donors (Lipinski definition) is 1. The predicted molar refractivity (Wildman–Crippen MR) is 82.8 cm³/mol. The van der Waals surface area contributed by atoms with Gasteiger partial charge in [-0.05, 0) is 45.7 Å². The van der Waals surface area contributed by atoms with Crippen molar-refractivity contribution in [3.63, 3.8) is 0 Å². The van der Waals surface area contributed by atoms with Gasteiger partial charge in [0.2, 0.25) is 0 Å². The lowest BCUT2D eigenvalue weighted by Gasteiger charge is -2.32. The van der Waals surface area contributed by atoms with E-state index in [2.05, 4.69) is 10.4 Å². The molecule has 0 saturated carbocycles. The van der Waals surface area contributed by atoms with Crippen LogP contribution in [0.15, 0.2) is 11.2 Å². The van der Waals surface area contributed by atoms with Crippen molar-refractivity contribution in [1.82, 2.24) is 19.4 Å². The molecule has 6 nitrogen and oxygen atoms in total. The van der Waals surface area contributed by atoms with E-state index in [9.17, 15) is 8.42 Å². The van der Waals surface area contributed by atoms with Gasteiger partial charge in [0, 0.05) is 19.6 Å². The number of piperidine rings is 1. The summed E-state index contributed by atoms with van der Waals surface area (Å²) in [6.45, 7) is 6.15. The van der Waals surface area contributed by atoms with E-state index in [0.29, 0.717) is 12.5 Å². The predicted octanol–water partition coefficient (Wildman–Crippen LogP) is 1.47. The van der Waals surface area contributed by atoms with Crippen LogP contribution in [0.25, 0.3) is 0 Å². The molecular formula is C13H23ClN4O2S. The highest BCUT2D eigenvalue weighted by molar-refractivity contribution is 7.89. The molecule has 0 aromatic carbocycles. The quantitative estimate of drug-likeness (QED) is 0.885. The van der Waals surface area contributed by atoms with Crippen LogP contribution in [0.1, 0.15) is 26.7 Å². The normalized spacial score (nSPS) is 20.4. The summed E-state index contributed by atoms with van der Waals surface area (Å²) in [5, 5.41) is 7.50. The fourth-order valence-electron chi connectivity index (χ4n) is 2.72. The summed E-state index contributed by atoms with van der Waals surface area (Å²) < 4.78 is 28.7. The van der Waals surface area contributed by atoms with Gasteiger partial charge in [0.05, 0.1) is 11.2 Å². The highest BCUT2D eigenvalue weighted by Crippen LogP contribution is 2.26. The maximum Gasteiger partial charge on any atom is 0.261 e. The van der Waals surface area contributed by atoms with Crippen LogP contribution in [-0.2, 0) is 17.1 Å². The Morgan fingerprint density at radius 1 is 1.57 bits per heavy atom. The number of hydrogen-bond acceptors (Lipinski definition) is 4. The molecule has 1 aliphatic heterocycles. The van der Waals surface area contributed by atoms with Gasteiger partial charge in [-0.3, -0.25) is 4.68 Å². The smallest absolute Gasteiger partial charge is 0.261 e. The number of rotatable bonds is 5. The first kappa shape index (κ1) is 16.7. The zero-order valence-electron chi connectivity index (χ0n) is 12.7. The molecule has 0 spiro atoms. The zero-order chi connectivity index (χ0) is 15.6. The van der Waals surface area contributed by atoms with Crippen LogP contribution in [-0.4, -0.2) is 48.2 Å². The Morgan fingerprint density at radius 2 is 2.29 bits per heavy atom. The molecule has 1 unspecified atom stereocenters. The topological polar surface area (TPSA) is 67.2 Å². The minimum Gasteiger partial charge on any atom is -0.316 e. The first-order valence-corrected chi connectivity index (χ1v) is 9.06. The largest absolute Gasteiger partial charge is 0.316 e. The highest BCUT2D eigenvalue weighted by atomic mass is 35.5. The van der Waals surface area contributed by atoms with Crippen molar-refractivity contribution in [3.8, 4) is 0 Å². The second-order valence-electron chi connectivity index (χ2n) is 5.80. The first-order chi connectivity index (χ1) is 9.84. The number of sulfonamides is 1. The summed E-state index contributed by atoms with van der Waals surface area (Å²) >= 11 is 6.02. The Balaban J connectivity index is 2.28. The Bertz CT molecular complexity index is 559. The van der Waals surface area contributed by atoms with Gasteiger partial charge in [0.15, 0.2) is 5.03 Å². The van der Waals surface area contributed by atoms with E-state index >= 15 is 0 Å². The van der Waals surface area contributed by atoms with E-state index < -0.39 is 10.0 Å². The molecule has 1 N–H and O–H groups in total. The van der Waals surface area contributed by atoms with Gasteiger partial charge in [-0.1, -0.05) is 11.6 Å². The number of aryl methyl sites for hydroxylation is 1. The fourth-order valence-corrected chi connectivity index (χ4v) is 5.04. The molecule has 1 atom stereocenters. The molecule has 0 radical (unpaired) electrons. The minimum atomic E-state index is -3.64. The van der Waals surface area contributed by atoms with E-state index in [4.69, 9.17) is 11.6 Å².